The lowest BCUT2D eigenvalue weighted by Crippen LogP contribution is -2.45. The normalized spacial score (nSPS) is 16.5. The van der Waals surface area contributed by atoms with Gasteiger partial charge in [-0.05, 0) is 61.4 Å². The van der Waals surface area contributed by atoms with Crippen molar-refractivity contribution in [2.75, 3.05) is 7.11 Å². The fourth-order valence-corrected chi connectivity index (χ4v) is 3.40. The molecule has 2 amide bonds. The summed E-state index contributed by atoms with van der Waals surface area (Å²) in [5.74, 6) is 0.192. The maximum Gasteiger partial charge on any atom is 0.338 e. The number of hydrogen-bond donors (Lipinski definition) is 2. The molecule has 2 aromatic carbocycles. The third kappa shape index (κ3) is 4.36. The van der Waals surface area contributed by atoms with E-state index in [-0.39, 0.29) is 6.10 Å². The summed E-state index contributed by atoms with van der Waals surface area (Å²) in [6.45, 7) is 3.57. The van der Waals surface area contributed by atoms with E-state index in [1.165, 1.54) is 0 Å². The van der Waals surface area contributed by atoms with Crippen LogP contribution in [0.4, 0.5) is 4.79 Å². The lowest BCUT2D eigenvalue weighted by Gasteiger charge is -2.30. The second-order valence-corrected chi connectivity index (χ2v) is 7.47. The van der Waals surface area contributed by atoms with Crippen LogP contribution in [-0.4, -0.2) is 25.2 Å². The minimum Gasteiger partial charge on any atom is -0.497 e. The monoisotopic (exact) mass is 444 g/mol. The molecular formula is C21H21BrN2O4. The van der Waals surface area contributed by atoms with Gasteiger partial charge in [0.25, 0.3) is 0 Å². The van der Waals surface area contributed by atoms with Gasteiger partial charge in [0.1, 0.15) is 5.75 Å². The van der Waals surface area contributed by atoms with Crippen molar-refractivity contribution >= 4 is 33.6 Å². The summed E-state index contributed by atoms with van der Waals surface area (Å²) in [7, 11) is 1.58. The first-order chi connectivity index (χ1) is 13.4. The predicted molar refractivity (Wildman–Crippen MR) is 110 cm³/mol. The molecule has 28 heavy (non-hydrogen) atoms. The first-order valence-corrected chi connectivity index (χ1v) is 9.61. The molecule has 1 heterocycles. The number of carbonyl (C=O) groups excluding carboxylic acids is 2. The molecule has 6 nitrogen and oxygen atoms in total. The molecule has 1 unspecified atom stereocenters. The van der Waals surface area contributed by atoms with E-state index in [2.05, 4.69) is 26.6 Å². The topological polar surface area (TPSA) is 76.7 Å². The van der Waals surface area contributed by atoms with Crippen LogP contribution >= 0.6 is 15.9 Å². The fourth-order valence-electron chi connectivity index (χ4n) is 2.98. The van der Waals surface area contributed by atoms with Crippen molar-refractivity contribution in [3.63, 3.8) is 0 Å². The third-order valence-electron chi connectivity index (χ3n) is 4.20. The average molecular weight is 445 g/mol. The lowest BCUT2D eigenvalue weighted by molar-refractivity contribution is -0.143. The summed E-state index contributed by atoms with van der Waals surface area (Å²) >= 11 is 3.44. The smallest absolute Gasteiger partial charge is 0.338 e. The van der Waals surface area contributed by atoms with Gasteiger partial charge in [0.2, 0.25) is 0 Å². The molecule has 0 fully saturated rings. The second-order valence-electron chi connectivity index (χ2n) is 6.56. The van der Waals surface area contributed by atoms with Crippen LogP contribution in [0.2, 0.25) is 0 Å². The maximum atomic E-state index is 13.0. The number of carbonyl (C=O) groups is 2. The van der Waals surface area contributed by atoms with Gasteiger partial charge in [-0.25, -0.2) is 9.59 Å². The molecule has 0 bridgehead atoms. The van der Waals surface area contributed by atoms with Crippen LogP contribution in [0.1, 0.15) is 31.0 Å². The molecule has 2 N–H and O–H groups in total. The van der Waals surface area contributed by atoms with Gasteiger partial charge in [0.05, 0.1) is 30.5 Å². The zero-order valence-electron chi connectivity index (χ0n) is 15.8. The largest absolute Gasteiger partial charge is 0.497 e. The van der Waals surface area contributed by atoms with E-state index >= 15 is 0 Å². The minimum absolute atomic E-state index is 0.294. The number of urea groups is 1. The van der Waals surface area contributed by atoms with Gasteiger partial charge in [-0.15, -0.1) is 0 Å². The van der Waals surface area contributed by atoms with Gasteiger partial charge in [-0.1, -0.05) is 28.1 Å². The summed E-state index contributed by atoms with van der Waals surface area (Å²) in [5, 5.41) is 5.60. The summed E-state index contributed by atoms with van der Waals surface area (Å²) in [4.78, 5) is 25.4. The highest BCUT2D eigenvalue weighted by atomic mass is 79.9. The number of esters is 1. The van der Waals surface area contributed by atoms with E-state index in [0.29, 0.717) is 22.6 Å². The zero-order valence-corrected chi connectivity index (χ0v) is 17.4. The molecule has 146 valence electrons. The van der Waals surface area contributed by atoms with Crippen molar-refractivity contribution in [1.82, 2.24) is 10.6 Å². The van der Waals surface area contributed by atoms with Gasteiger partial charge in [0.15, 0.2) is 0 Å². The van der Waals surface area contributed by atoms with Crippen LogP contribution < -0.4 is 15.4 Å². The Morgan fingerprint density at radius 3 is 2.46 bits per heavy atom. The molecule has 3 rings (SSSR count). The van der Waals surface area contributed by atoms with Gasteiger partial charge >= 0.3 is 12.0 Å². The lowest BCUT2D eigenvalue weighted by atomic mass is 9.92. The highest BCUT2D eigenvalue weighted by molar-refractivity contribution is 9.10. The van der Waals surface area contributed by atoms with E-state index in [4.69, 9.17) is 9.47 Å². The SMILES string of the molecule is COc1ccc(C2=C(C(=O)OC(C)C)C(c3cccc(Br)c3)NC(=O)N2)cc1. The quantitative estimate of drug-likeness (QED) is 0.678. The molecule has 0 saturated heterocycles. The highest BCUT2D eigenvalue weighted by Crippen LogP contribution is 2.33. The molecule has 0 saturated carbocycles. The molecule has 0 aliphatic carbocycles. The van der Waals surface area contributed by atoms with Gasteiger partial charge in [0, 0.05) is 4.47 Å². The van der Waals surface area contributed by atoms with Crippen LogP contribution in [0.25, 0.3) is 5.70 Å². The fraction of sp³-hybridized carbons (Fsp3) is 0.238. The van der Waals surface area contributed by atoms with Crippen molar-refractivity contribution in [3.05, 3.63) is 69.7 Å². The maximum absolute atomic E-state index is 13.0. The number of benzene rings is 2. The van der Waals surface area contributed by atoms with Crippen LogP contribution in [-0.2, 0) is 9.53 Å². The standard InChI is InChI=1S/C21H21BrN2O4/c1-12(2)28-20(25)17-18(13-7-9-16(27-3)10-8-13)23-21(26)24-19(17)14-5-4-6-15(22)11-14/h4-12,19H,1-3H3,(H2,23,24,26). The molecule has 0 spiro atoms. The van der Waals surface area contributed by atoms with Gasteiger partial charge < -0.3 is 20.1 Å². The molecule has 0 aromatic heterocycles. The van der Waals surface area contributed by atoms with Crippen LogP contribution in [0.3, 0.4) is 0 Å². The van der Waals surface area contributed by atoms with Gasteiger partial charge in [-0.3, -0.25) is 0 Å². The molecule has 1 aliphatic heterocycles. The number of hydrogen-bond acceptors (Lipinski definition) is 4. The number of rotatable bonds is 5. The Labute approximate surface area is 172 Å². The highest BCUT2D eigenvalue weighted by Gasteiger charge is 2.34. The third-order valence-corrected chi connectivity index (χ3v) is 4.69. The van der Waals surface area contributed by atoms with Crippen LogP contribution in [0, 0.1) is 0 Å². The Bertz CT molecular complexity index is 922. The van der Waals surface area contributed by atoms with E-state index in [1.54, 1.807) is 45.2 Å². The Morgan fingerprint density at radius 1 is 1.14 bits per heavy atom. The molecule has 2 aromatic rings. The van der Waals surface area contributed by atoms with Crippen molar-refractivity contribution < 1.29 is 19.1 Å². The van der Waals surface area contributed by atoms with Crippen molar-refractivity contribution in [1.29, 1.82) is 0 Å². The Kier molecular flexibility index (Phi) is 6.04. The summed E-state index contributed by atoms with van der Waals surface area (Å²) in [6.07, 6.45) is -0.294. The van der Waals surface area contributed by atoms with Crippen molar-refractivity contribution in [2.45, 2.75) is 26.0 Å². The van der Waals surface area contributed by atoms with Crippen LogP contribution in [0.15, 0.2) is 58.6 Å². The van der Waals surface area contributed by atoms with E-state index in [9.17, 15) is 9.59 Å². The number of methoxy groups -OCH3 is 1. The number of halogens is 1. The van der Waals surface area contributed by atoms with Crippen molar-refractivity contribution in [2.24, 2.45) is 0 Å². The molecular weight excluding hydrogens is 424 g/mol. The molecule has 7 heteroatoms. The number of ether oxygens (including phenoxy) is 2. The summed E-state index contributed by atoms with van der Waals surface area (Å²) < 4.78 is 11.5. The van der Waals surface area contributed by atoms with Gasteiger partial charge in [-0.2, -0.15) is 0 Å². The predicted octanol–water partition coefficient (Wildman–Crippen LogP) is 4.17. The Hall–Kier alpha value is -2.80. The first kappa shape index (κ1) is 19.9. The number of nitrogens with one attached hydrogen (secondary N) is 2. The van der Waals surface area contributed by atoms with E-state index in [0.717, 1.165) is 10.0 Å². The first-order valence-electron chi connectivity index (χ1n) is 8.81. The van der Waals surface area contributed by atoms with Crippen LogP contribution in [0.5, 0.6) is 5.75 Å². The van der Waals surface area contributed by atoms with E-state index in [1.807, 2.05) is 24.3 Å². The Morgan fingerprint density at radius 2 is 1.86 bits per heavy atom. The minimum atomic E-state index is -0.644. The Balaban J connectivity index is 2.16. The molecule has 1 atom stereocenters. The second kappa shape index (κ2) is 8.48. The van der Waals surface area contributed by atoms with Crippen molar-refractivity contribution in [3.8, 4) is 5.75 Å². The summed E-state index contributed by atoms with van der Waals surface area (Å²) in [5.41, 5.74) is 2.22. The molecule has 1 aliphatic rings. The zero-order chi connectivity index (χ0) is 20.3. The molecule has 0 radical (unpaired) electrons. The average Bonchev–Trinajstić information content (AvgIpc) is 2.66. The van der Waals surface area contributed by atoms with E-state index < -0.39 is 18.0 Å². The summed E-state index contributed by atoms with van der Waals surface area (Å²) in [6, 6.07) is 13.6. The number of amides is 2.